The number of hydrogen-bond donors (Lipinski definition) is 0. The number of carbonyl (C=O) groups excluding carboxylic acids is 1. The minimum Gasteiger partial charge on any atom is -0.494 e. The number of benzene rings is 2. The van der Waals surface area contributed by atoms with Crippen LogP contribution in [0.2, 0.25) is 5.02 Å². The summed E-state index contributed by atoms with van der Waals surface area (Å²) in [4.78, 5) is 12.3. The summed E-state index contributed by atoms with van der Waals surface area (Å²) in [6.45, 7) is 2.35. The van der Waals surface area contributed by atoms with Crippen LogP contribution >= 0.6 is 11.6 Å². The SMILES string of the molecule is CCOc1cccc(C(=O)c2c(F)cccc2Cl)c1. The Morgan fingerprint density at radius 2 is 2.00 bits per heavy atom. The van der Waals surface area contributed by atoms with Crippen LogP contribution in [-0.2, 0) is 0 Å². The molecule has 0 heterocycles. The zero-order valence-electron chi connectivity index (χ0n) is 10.3. The van der Waals surface area contributed by atoms with E-state index >= 15 is 0 Å². The van der Waals surface area contributed by atoms with Crippen LogP contribution in [0.4, 0.5) is 4.39 Å². The van der Waals surface area contributed by atoms with Crippen molar-refractivity contribution >= 4 is 17.4 Å². The molecular weight excluding hydrogens is 267 g/mol. The van der Waals surface area contributed by atoms with Gasteiger partial charge in [0.05, 0.1) is 17.2 Å². The highest BCUT2D eigenvalue weighted by Crippen LogP contribution is 2.24. The zero-order chi connectivity index (χ0) is 13.8. The predicted octanol–water partition coefficient (Wildman–Crippen LogP) is 4.11. The number of halogens is 2. The van der Waals surface area contributed by atoms with E-state index in [1.54, 1.807) is 24.3 Å². The van der Waals surface area contributed by atoms with Crippen molar-refractivity contribution in [2.24, 2.45) is 0 Å². The first-order chi connectivity index (χ1) is 9.13. The van der Waals surface area contributed by atoms with E-state index in [1.807, 2.05) is 6.92 Å². The second-order valence-corrected chi connectivity index (χ2v) is 4.29. The first-order valence-electron chi connectivity index (χ1n) is 5.85. The van der Waals surface area contributed by atoms with E-state index in [9.17, 15) is 9.18 Å². The first kappa shape index (κ1) is 13.6. The fraction of sp³-hybridized carbons (Fsp3) is 0.133. The zero-order valence-corrected chi connectivity index (χ0v) is 11.1. The molecule has 0 unspecified atom stereocenters. The summed E-state index contributed by atoms with van der Waals surface area (Å²) < 4.78 is 19.0. The largest absolute Gasteiger partial charge is 0.494 e. The van der Waals surface area contributed by atoms with Gasteiger partial charge in [0.15, 0.2) is 5.78 Å². The lowest BCUT2D eigenvalue weighted by Gasteiger charge is -2.07. The molecule has 2 rings (SSSR count). The van der Waals surface area contributed by atoms with Crippen LogP contribution in [0.5, 0.6) is 5.75 Å². The number of rotatable bonds is 4. The molecule has 0 aliphatic carbocycles. The van der Waals surface area contributed by atoms with Gasteiger partial charge >= 0.3 is 0 Å². The Morgan fingerprint density at radius 3 is 2.68 bits per heavy atom. The fourth-order valence-corrected chi connectivity index (χ4v) is 2.00. The van der Waals surface area contributed by atoms with Gasteiger partial charge in [-0.1, -0.05) is 29.8 Å². The monoisotopic (exact) mass is 278 g/mol. The molecule has 0 radical (unpaired) electrons. The summed E-state index contributed by atoms with van der Waals surface area (Å²) >= 11 is 5.88. The summed E-state index contributed by atoms with van der Waals surface area (Å²) in [6, 6.07) is 10.8. The average molecular weight is 279 g/mol. The van der Waals surface area contributed by atoms with Crippen molar-refractivity contribution in [2.45, 2.75) is 6.92 Å². The van der Waals surface area contributed by atoms with E-state index < -0.39 is 11.6 Å². The van der Waals surface area contributed by atoms with E-state index in [0.29, 0.717) is 17.9 Å². The molecule has 98 valence electrons. The Labute approximate surface area is 115 Å². The van der Waals surface area contributed by atoms with Gasteiger partial charge in [-0.2, -0.15) is 0 Å². The maximum atomic E-state index is 13.7. The van der Waals surface area contributed by atoms with E-state index in [2.05, 4.69) is 0 Å². The minimum absolute atomic E-state index is 0.104. The molecule has 0 bridgehead atoms. The van der Waals surface area contributed by atoms with Crippen LogP contribution in [0.1, 0.15) is 22.8 Å². The number of ketones is 1. The van der Waals surface area contributed by atoms with Crippen LogP contribution in [0.25, 0.3) is 0 Å². The van der Waals surface area contributed by atoms with Crippen LogP contribution in [0.3, 0.4) is 0 Å². The second-order valence-electron chi connectivity index (χ2n) is 3.89. The van der Waals surface area contributed by atoms with Crippen LogP contribution in [0.15, 0.2) is 42.5 Å². The third-order valence-corrected chi connectivity index (χ3v) is 2.91. The van der Waals surface area contributed by atoms with Crippen LogP contribution in [0, 0.1) is 5.82 Å². The van der Waals surface area contributed by atoms with Gasteiger partial charge in [0.25, 0.3) is 0 Å². The molecule has 0 amide bonds. The van der Waals surface area contributed by atoms with E-state index in [4.69, 9.17) is 16.3 Å². The van der Waals surface area contributed by atoms with Gasteiger partial charge in [-0.3, -0.25) is 4.79 Å². The smallest absolute Gasteiger partial charge is 0.197 e. The fourth-order valence-electron chi connectivity index (χ4n) is 1.75. The van der Waals surface area contributed by atoms with Crippen molar-refractivity contribution in [3.63, 3.8) is 0 Å². The van der Waals surface area contributed by atoms with Gasteiger partial charge in [-0.25, -0.2) is 4.39 Å². The van der Waals surface area contributed by atoms with Crippen molar-refractivity contribution in [2.75, 3.05) is 6.61 Å². The first-order valence-corrected chi connectivity index (χ1v) is 6.23. The molecule has 0 aromatic heterocycles. The Balaban J connectivity index is 2.41. The predicted molar refractivity (Wildman–Crippen MR) is 72.5 cm³/mol. The molecule has 0 saturated heterocycles. The molecule has 0 saturated carbocycles. The topological polar surface area (TPSA) is 26.3 Å². The highest BCUT2D eigenvalue weighted by atomic mass is 35.5. The number of carbonyl (C=O) groups is 1. The Hall–Kier alpha value is -1.87. The third kappa shape index (κ3) is 2.93. The van der Waals surface area contributed by atoms with Crippen molar-refractivity contribution in [3.8, 4) is 5.75 Å². The van der Waals surface area contributed by atoms with E-state index in [-0.39, 0.29) is 10.6 Å². The van der Waals surface area contributed by atoms with Crippen molar-refractivity contribution in [3.05, 3.63) is 64.4 Å². The maximum absolute atomic E-state index is 13.7. The summed E-state index contributed by atoms with van der Waals surface area (Å²) in [7, 11) is 0. The third-order valence-electron chi connectivity index (χ3n) is 2.60. The Bertz CT molecular complexity index is 591. The highest BCUT2D eigenvalue weighted by molar-refractivity contribution is 6.35. The maximum Gasteiger partial charge on any atom is 0.197 e. The molecular formula is C15H12ClFO2. The van der Waals surface area contributed by atoms with Gasteiger partial charge in [0.2, 0.25) is 0 Å². The van der Waals surface area contributed by atoms with Crippen molar-refractivity contribution in [1.29, 1.82) is 0 Å². The van der Waals surface area contributed by atoms with Crippen molar-refractivity contribution < 1.29 is 13.9 Å². The van der Waals surface area contributed by atoms with Crippen molar-refractivity contribution in [1.82, 2.24) is 0 Å². The Kier molecular flexibility index (Phi) is 4.17. The standard InChI is InChI=1S/C15H12ClFO2/c1-2-19-11-6-3-5-10(9-11)15(18)14-12(16)7-4-8-13(14)17/h3-9H,2H2,1H3. The lowest BCUT2D eigenvalue weighted by molar-refractivity contribution is 0.103. The normalized spacial score (nSPS) is 10.3. The van der Waals surface area contributed by atoms with Gasteiger partial charge in [0, 0.05) is 5.56 Å². The van der Waals surface area contributed by atoms with Crippen LogP contribution < -0.4 is 4.74 Å². The molecule has 2 nitrogen and oxygen atoms in total. The average Bonchev–Trinajstić information content (AvgIpc) is 2.39. The molecule has 0 N–H and O–H groups in total. The quantitative estimate of drug-likeness (QED) is 0.787. The van der Waals surface area contributed by atoms with Crippen LogP contribution in [-0.4, -0.2) is 12.4 Å². The Morgan fingerprint density at radius 1 is 1.26 bits per heavy atom. The second kappa shape index (κ2) is 5.85. The van der Waals surface area contributed by atoms with E-state index in [0.717, 1.165) is 0 Å². The highest BCUT2D eigenvalue weighted by Gasteiger charge is 2.17. The molecule has 0 spiro atoms. The molecule has 0 fully saturated rings. The lowest BCUT2D eigenvalue weighted by Crippen LogP contribution is -2.05. The lowest BCUT2D eigenvalue weighted by atomic mass is 10.0. The molecule has 2 aromatic rings. The number of hydrogen-bond acceptors (Lipinski definition) is 2. The molecule has 19 heavy (non-hydrogen) atoms. The summed E-state index contributed by atoms with van der Waals surface area (Å²) in [5.74, 6) is -0.509. The number of ether oxygens (including phenoxy) is 1. The van der Waals surface area contributed by atoms with E-state index in [1.165, 1.54) is 18.2 Å². The minimum atomic E-state index is -0.626. The summed E-state index contributed by atoms with van der Waals surface area (Å²) in [5, 5.41) is 0.104. The molecule has 2 aromatic carbocycles. The van der Waals surface area contributed by atoms with Gasteiger partial charge in [-0.05, 0) is 31.2 Å². The summed E-state index contributed by atoms with van der Waals surface area (Å²) in [5.41, 5.74) is 0.232. The molecule has 0 aliphatic rings. The molecule has 0 atom stereocenters. The molecule has 4 heteroatoms. The summed E-state index contributed by atoms with van der Waals surface area (Å²) in [6.07, 6.45) is 0. The molecule has 0 aliphatic heterocycles. The van der Waals surface area contributed by atoms with Gasteiger partial charge in [-0.15, -0.1) is 0 Å². The van der Waals surface area contributed by atoms with Gasteiger partial charge < -0.3 is 4.74 Å². The van der Waals surface area contributed by atoms with Gasteiger partial charge in [0.1, 0.15) is 11.6 Å².